The number of aromatic nitrogens is 2. The molecule has 0 saturated carbocycles. The van der Waals surface area contributed by atoms with E-state index in [1.54, 1.807) is 22.7 Å². The van der Waals surface area contributed by atoms with Crippen LogP contribution >= 0.6 is 22.7 Å². The maximum atomic E-state index is 5.86. The van der Waals surface area contributed by atoms with E-state index in [1.807, 2.05) is 31.6 Å². The van der Waals surface area contributed by atoms with Crippen LogP contribution in [0.25, 0.3) is 31.2 Å². The number of hydrogen-bond acceptors (Lipinski definition) is 6. The Bertz CT molecular complexity index is 1270. The van der Waals surface area contributed by atoms with Gasteiger partial charge in [0.15, 0.2) is 5.06 Å². The molecule has 5 rings (SSSR count). The first kappa shape index (κ1) is 16.5. The first-order valence-electron chi connectivity index (χ1n) is 8.75. The smallest absolute Gasteiger partial charge is 0.175 e. The Kier molecular flexibility index (Phi) is 3.95. The topological polar surface area (TPSA) is 47.0 Å². The van der Waals surface area contributed by atoms with Gasteiger partial charge in [-0.2, -0.15) is 0 Å². The standard InChI is InChI=1S/C21H17N3OS2/c1-12(2)25-21-8-13-7-17-15(10-20(13)27-21)16(5-6-22-17)24-14-3-4-19-18(9-14)23-11-26-19/h3-12H,1-2H3,(H,22,24). The average Bonchev–Trinajstić information content (AvgIpc) is 3.24. The van der Waals surface area contributed by atoms with Gasteiger partial charge in [0.1, 0.15) is 0 Å². The van der Waals surface area contributed by atoms with Crippen LogP contribution in [0.15, 0.2) is 54.2 Å². The average molecular weight is 392 g/mol. The molecule has 0 aliphatic heterocycles. The fraction of sp³-hybridized carbons (Fsp3) is 0.143. The molecular weight excluding hydrogens is 374 g/mol. The van der Waals surface area contributed by atoms with Crippen molar-refractivity contribution in [2.75, 3.05) is 5.32 Å². The summed E-state index contributed by atoms with van der Waals surface area (Å²) in [4.78, 5) is 8.96. The predicted octanol–water partition coefficient (Wildman–Crippen LogP) is 6.59. The van der Waals surface area contributed by atoms with Crippen molar-refractivity contribution < 1.29 is 4.74 Å². The first-order chi connectivity index (χ1) is 13.2. The van der Waals surface area contributed by atoms with Crippen LogP contribution in [0.5, 0.6) is 5.06 Å². The molecule has 0 spiro atoms. The summed E-state index contributed by atoms with van der Waals surface area (Å²) in [6.45, 7) is 4.09. The van der Waals surface area contributed by atoms with Gasteiger partial charge in [-0.3, -0.25) is 4.98 Å². The highest BCUT2D eigenvalue weighted by Crippen LogP contribution is 2.37. The van der Waals surface area contributed by atoms with Crippen LogP contribution in [0, 0.1) is 0 Å². The van der Waals surface area contributed by atoms with E-state index in [4.69, 9.17) is 4.74 Å². The van der Waals surface area contributed by atoms with E-state index in [-0.39, 0.29) is 6.10 Å². The zero-order valence-electron chi connectivity index (χ0n) is 14.9. The molecule has 0 bridgehead atoms. The maximum Gasteiger partial charge on any atom is 0.175 e. The molecule has 3 aromatic heterocycles. The number of rotatable bonds is 4. The van der Waals surface area contributed by atoms with Crippen LogP contribution < -0.4 is 10.1 Å². The van der Waals surface area contributed by atoms with Crippen molar-refractivity contribution in [2.24, 2.45) is 0 Å². The number of benzene rings is 2. The van der Waals surface area contributed by atoms with Crippen LogP contribution in [0.2, 0.25) is 0 Å². The summed E-state index contributed by atoms with van der Waals surface area (Å²) in [5, 5.41) is 6.74. The lowest BCUT2D eigenvalue weighted by Crippen LogP contribution is -2.03. The molecular formula is C21H17N3OS2. The van der Waals surface area contributed by atoms with Gasteiger partial charge in [-0.05, 0) is 61.7 Å². The van der Waals surface area contributed by atoms with Crippen molar-refractivity contribution in [2.45, 2.75) is 20.0 Å². The summed E-state index contributed by atoms with van der Waals surface area (Å²) in [5.41, 5.74) is 5.92. The third-order valence-electron chi connectivity index (χ3n) is 4.32. The Balaban J connectivity index is 1.58. The minimum absolute atomic E-state index is 0.170. The normalized spacial score (nSPS) is 11.7. The highest BCUT2D eigenvalue weighted by molar-refractivity contribution is 7.20. The molecule has 1 N–H and O–H groups in total. The quantitative estimate of drug-likeness (QED) is 0.375. The zero-order chi connectivity index (χ0) is 18.4. The van der Waals surface area contributed by atoms with Crippen molar-refractivity contribution in [3.63, 3.8) is 0 Å². The first-order valence-corrected chi connectivity index (χ1v) is 10.4. The largest absolute Gasteiger partial charge is 0.481 e. The van der Waals surface area contributed by atoms with Crippen LogP contribution in [-0.4, -0.2) is 16.1 Å². The van der Waals surface area contributed by atoms with Gasteiger partial charge in [0.05, 0.1) is 27.3 Å². The monoisotopic (exact) mass is 391 g/mol. The van der Waals surface area contributed by atoms with Gasteiger partial charge in [0, 0.05) is 27.7 Å². The number of fused-ring (bicyclic) bond motifs is 3. The fourth-order valence-corrected chi connectivity index (χ4v) is 4.86. The van der Waals surface area contributed by atoms with Crippen LogP contribution in [0.1, 0.15) is 13.8 Å². The molecule has 0 atom stereocenters. The van der Waals surface area contributed by atoms with Gasteiger partial charge in [0.25, 0.3) is 0 Å². The summed E-state index contributed by atoms with van der Waals surface area (Å²) < 4.78 is 8.25. The summed E-state index contributed by atoms with van der Waals surface area (Å²) in [6.07, 6.45) is 2.01. The molecule has 4 nitrogen and oxygen atoms in total. The van der Waals surface area contributed by atoms with Crippen molar-refractivity contribution in [1.29, 1.82) is 0 Å². The number of thiazole rings is 1. The lowest BCUT2D eigenvalue weighted by molar-refractivity contribution is 0.250. The summed E-state index contributed by atoms with van der Waals surface area (Å²) in [7, 11) is 0. The van der Waals surface area contributed by atoms with Crippen LogP contribution in [0.4, 0.5) is 11.4 Å². The molecule has 5 aromatic rings. The van der Waals surface area contributed by atoms with Crippen molar-refractivity contribution in [3.05, 3.63) is 54.2 Å². The van der Waals surface area contributed by atoms with Gasteiger partial charge in [0.2, 0.25) is 0 Å². The van der Waals surface area contributed by atoms with Gasteiger partial charge in [-0.25, -0.2) is 4.98 Å². The van der Waals surface area contributed by atoms with E-state index in [9.17, 15) is 0 Å². The molecule has 134 valence electrons. The van der Waals surface area contributed by atoms with Gasteiger partial charge in [-0.15, -0.1) is 11.3 Å². The van der Waals surface area contributed by atoms with E-state index in [1.165, 1.54) is 9.40 Å². The molecule has 0 aliphatic carbocycles. The molecule has 0 unspecified atom stereocenters. The van der Waals surface area contributed by atoms with E-state index in [0.717, 1.165) is 38.2 Å². The highest BCUT2D eigenvalue weighted by Gasteiger charge is 2.10. The number of anilines is 2. The Hall–Kier alpha value is -2.70. The summed E-state index contributed by atoms with van der Waals surface area (Å²) in [6, 6.07) is 14.7. The second-order valence-corrected chi connectivity index (χ2v) is 8.59. The van der Waals surface area contributed by atoms with Gasteiger partial charge >= 0.3 is 0 Å². The molecule has 0 amide bonds. The van der Waals surface area contributed by atoms with E-state index >= 15 is 0 Å². The third-order valence-corrected chi connectivity index (χ3v) is 6.12. The van der Waals surface area contributed by atoms with Gasteiger partial charge in [-0.1, -0.05) is 11.3 Å². The predicted molar refractivity (Wildman–Crippen MR) is 116 cm³/mol. The number of hydrogen-bond donors (Lipinski definition) is 1. The Morgan fingerprint density at radius 1 is 0.963 bits per heavy atom. The second kappa shape index (κ2) is 6.48. The van der Waals surface area contributed by atoms with Crippen LogP contribution in [0.3, 0.4) is 0 Å². The minimum Gasteiger partial charge on any atom is -0.481 e. The SMILES string of the molecule is CC(C)Oc1cc2cc3nccc(Nc4ccc5scnc5c4)c3cc2s1. The van der Waals surface area contributed by atoms with Crippen molar-refractivity contribution >= 4 is 65.3 Å². The molecule has 0 radical (unpaired) electrons. The second-order valence-electron chi connectivity index (χ2n) is 6.66. The van der Waals surface area contributed by atoms with E-state index in [2.05, 4.69) is 51.7 Å². The third kappa shape index (κ3) is 3.11. The molecule has 27 heavy (non-hydrogen) atoms. The van der Waals surface area contributed by atoms with E-state index in [0.29, 0.717) is 0 Å². The summed E-state index contributed by atoms with van der Waals surface area (Å²) >= 11 is 3.33. The molecule has 2 aromatic carbocycles. The Labute approximate surface area is 164 Å². The number of pyridine rings is 1. The molecule has 3 heterocycles. The Morgan fingerprint density at radius 3 is 2.78 bits per heavy atom. The molecule has 0 saturated heterocycles. The van der Waals surface area contributed by atoms with Crippen LogP contribution in [-0.2, 0) is 0 Å². The minimum atomic E-state index is 0.170. The fourth-order valence-electron chi connectivity index (χ4n) is 3.15. The summed E-state index contributed by atoms with van der Waals surface area (Å²) in [5.74, 6) is 0. The lowest BCUT2D eigenvalue weighted by atomic mass is 10.1. The molecule has 0 fully saturated rings. The number of ether oxygens (including phenoxy) is 1. The Morgan fingerprint density at radius 2 is 1.89 bits per heavy atom. The number of nitrogens with one attached hydrogen (secondary N) is 1. The van der Waals surface area contributed by atoms with E-state index < -0.39 is 0 Å². The number of thiophene rings is 1. The number of nitrogens with zero attached hydrogens (tertiary/aromatic N) is 2. The zero-order valence-corrected chi connectivity index (χ0v) is 16.5. The lowest BCUT2D eigenvalue weighted by Gasteiger charge is -2.09. The van der Waals surface area contributed by atoms with Gasteiger partial charge < -0.3 is 10.1 Å². The molecule has 6 heteroatoms. The van der Waals surface area contributed by atoms with Crippen molar-refractivity contribution in [1.82, 2.24) is 9.97 Å². The highest BCUT2D eigenvalue weighted by atomic mass is 32.1. The maximum absolute atomic E-state index is 5.86. The van der Waals surface area contributed by atoms with Crippen molar-refractivity contribution in [3.8, 4) is 5.06 Å². The molecule has 0 aliphatic rings.